The highest BCUT2D eigenvalue weighted by molar-refractivity contribution is 9.11. The van der Waals surface area contributed by atoms with Crippen LogP contribution in [-0.2, 0) is 4.79 Å². The van der Waals surface area contributed by atoms with E-state index >= 15 is 0 Å². The van der Waals surface area contributed by atoms with Gasteiger partial charge in [-0.3, -0.25) is 4.79 Å². The first kappa shape index (κ1) is 18.6. The molecule has 8 heteroatoms. The van der Waals surface area contributed by atoms with Crippen molar-refractivity contribution in [3.8, 4) is 5.88 Å². The summed E-state index contributed by atoms with van der Waals surface area (Å²) in [5.41, 5.74) is 1.75. The van der Waals surface area contributed by atoms with Crippen molar-refractivity contribution in [3.05, 3.63) is 63.5 Å². The van der Waals surface area contributed by atoms with E-state index in [1.165, 1.54) is 0 Å². The monoisotopic (exact) mass is 500 g/mol. The van der Waals surface area contributed by atoms with Gasteiger partial charge in [0.1, 0.15) is 0 Å². The molecule has 0 saturated heterocycles. The topological polar surface area (TPSA) is 89.8 Å². The number of fused-ring (bicyclic) bond motifs is 2. The van der Waals surface area contributed by atoms with Crippen LogP contribution in [0.2, 0.25) is 0 Å². The molecule has 0 aliphatic carbocycles. The number of aromatic hydroxyl groups is 1. The van der Waals surface area contributed by atoms with Crippen molar-refractivity contribution in [1.29, 1.82) is 0 Å². The second kappa shape index (κ2) is 7.73. The minimum Gasteiger partial charge on any atom is -0.493 e. The second-order valence-corrected chi connectivity index (χ2v) is 7.88. The van der Waals surface area contributed by atoms with Crippen LogP contribution in [0.4, 0.5) is 11.4 Å². The van der Waals surface area contributed by atoms with Gasteiger partial charge in [-0.2, -0.15) is 0 Å². The summed E-state index contributed by atoms with van der Waals surface area (Å²) in [6.07, 6.45) is 0. The predicted octanol–water partition coefficient (Wildman–Crippen LogP) is 6.27. The molecule has 3 aromatic carbocycles. The normalized spacial score (nSPS) is 11.5. The van der Waals surface area contributed by atoms with Crippen LogP contribution in [-0.4, -0.2) is 22.5 Å². The number of carbonyl (C=O) groups is 1. The van der Waals surface area contributed by atoms with E-state index < -0.39 is 5.91 Å². The maximum atomic E-state index is 12.2. The van der Waals surface area contributed by atoms with Crippen LogP contribution in [0.3, 0.4) is 0 Å². The van der Waals surface area contributed by atoms with Crippen molar-refractivity contribution in [3.63, 3.8) is 0 Å². The first-order valence-electron chi connectivity index (χ1n) is 8.39. The number of rotatable bonds is 4. The van der Waals surface area contributed by atoms with E-state index in [2.05, 4.69) is 52.4 Å². The average Bonchev–Trinajstić information content (AvgIpc) is 3.00. The van der Waals surface area contributed by atoms with Gasteiger partial charge in [-0.1, -0.05) is 52.3 Å². The Morgan fingerprint density at radius 2 is 1.86 bits per heavy atom. The summed E-state index contributed by atoms with van der Waals surface area (Å²) in [5, 5.41) is 23.7. The average molecular weight is 502 g/mol. The Kier molecular flexibility index (Phi) is 5.15. The number of hydrogen-bond acceptors (Lipinski definition) is 4. The molecular formula is C20H14Br2N4O2. The molecule has 140 valence electrons. The number of H-pyrrole nitrogens is 1. The van der Waals surface area contributed by atoms with E-state index in [-0.39, 0.29) is 18.1 Å². The van der Waals surface area contributed by atoms with E-state index in [1.807, 2.05) is 48.5 Å². The lowest BCUT2D eigenvalue weighted by Crippen LogP contribution is -2.11. The van der Waals surface area contributed by atoms with E-state index in [9.17, 15) is 9.90 Å². The lowest BCUT2D eigenvalue weighted by molar-refractivity contribution is -0.116. The van der Waals surface area contributed by atoms with Crippen LogP contribution in [0.5, 0.6) is 5.88 Å². The third kappa shape index (κ3) is 3.65. The van der Waals surface area contributed by atoms with E-state index in [1.54, 1.807) is 6.07 Å². The van der Waals surface area contributed by atoms with Gasteiger partial charge in [-0.15, -0.1) is 10.2 Å². The molecule has 1 heterocycles. The number of nitrogens with one attached hydrogen (secondary N) is 2. The van der Waals surface area contributed by atoms with Crippen LogP contribution in [0.1, 0.15) is 0 Å². The Bertz CT molecular complexity index is 1230. The molecule has 6 nitrogen and oxygen atoms in total. The summed E-state index contributed by atoms with van der Waals surface area (Å²) < 4.78 is 1.57. The largest absolute Gasteiger partial charge is 0.493 e. The molecule has 0 radical (unpaired) electrons. The van der Waals surface area contributed by atoms with Gasteiger partial charge in [0, 0.05) is 25.4 Å². The Balaban J connectivity index is 1.53. The Morgan fingerprint density at radius 1 is 1.07 bits per heavy atom. The summed E-state index contributed by atoms with van der Waals surface area (Å²) in [4.78, 5) is 15.0. The SMILES string of the molecule is O=C(CNc1cccc2ccccc12)N=Nc1c(O)[nH]c2c(Br)cc(Br)cc12. The third-order valence-corrected chi connectivity index (χ3v) is 5.34. The van der Waals surface area contributed by atoms with Crippen molar-refractivity contribution in [1.82, 2.24) is 4.98 Å². The van der Waals surface area contributed by atoms with Crippen LogP contribution < -0.4 is 5.32 Å². The highest BCUT2D eigenvalue weighted by atomic mass is 79.9. The molecule has 0 bridgehead atoms. The van der Waals surface area contributed by atoms with Crippen molar-refractivity contribution in [2.75, 3.05) is 11.9 Å². The molecule has 28 heavy (non-hydrogen) atoms. The fourth-order valence-corrected chi connectivity index (χ4v) is 4.31. The molecule has 0 aliphatic heterocycles. The van der Waals surface area contributed by atoms with E-state index in [0.717, 1.165) is 25.4 Å². The third-order valence-electron chi connectivity index (χ3n) is 4.26. The van der Waals surface area contributed by atoms with Crippen LogP contribution in [0, 0.1) is 0 Å². The molecule has 0 unspecified atom stereocenters. The first-order valence-corrected chi connectivity index (χ1v) is 9.97. The van der Waals surface area contributed by atoms with Crippen molar-refractivity contribution < 1.29 is 9.90 Å². The maximum Gasteiger partial charge on any atom is 0.283 e. The number of halogens is 2. The Hall–Kier alpha value is -2.71. The van der Waals surface area contributed by atoms with Gasteiger partial charge < -0.3 is 15.4 Å². The zero-order valence-electron chi connectivity index (χ0n) is 14.4. The highest BCUT2D eigenvalue weighted by Crippen LogP contribution is 2.40. The summed E-state index contributed by atoms with van der Waals surface area (Å²) in [5.74, 6) is -0.594. The molecular weight excluding hydrogens is 488 g/mol. The molecule has 4 rings (SSSR count). The number of nitrogens with zero attached hydrogens (tertiary/aromatic N) is 2. The van der Waals surface area contributed by atoms with Crippen LogP contribution in [0.25, 0.3) is 21.7 Å². The van der Waals surface area contributed by atoms with Crippen LogP contribution in [0.15, 0.2) is 73.8 Å². The number of hydrogen-bond donors (Lipinski definition) is 3. The van der Waals surface area contributed by atoms with Gasteiger partial charge >= 0.3 is 0 Å². The molecule has 1 amide bonds. The van der Waals surface area contributed by atoms with Gasteiger partial charge in [0.05, 0.1) is 12.1 Å². The molecule has 0 fully saturated rings. The number of azo groups is 1. The molecule has 0 atom stereocenters. The molecule has 0 aliphatic rings. The quantitative estimate of drug-likeness (QED) is 0.287. The molecule has 1 aromatic heterocycles. The van der Waals surface area contributed by atoms with Gasteiger partial charge in [0.15, 0.2) is 5.69 Å². The summed E-state index contributed by atoms with van der Waals surface area (Å²) >= 11 is 6.83. The van der Waals surface area contributed by atoms with Crippen LogP contribution >= 0.6 is 31.9 Å². The smallest absolute Gasteiger partial charge is 0.283 e. The highest BCUT2D eigenvalue weighted by Gasteiger charge is 2.14. The van der Waals surface area contributed by atoms with Gasteiger partial charge in [-0.25, -0.2) is 0 Å². The van der Waals surface area contributed by atoms with Crippen molar-refractivity contribution in [2.24, 2.45) is 10.2 Å². The molecule has 4 aromatic rings. The number of aromatic nitrogens is 1. The number of aromatic amines is 1. The fraction of sp³-hybridized carbons (Fsp3) is 0.0500. The summed E-state index contributed by atoms with van der Waals surface area (Å²) in [7, 11) is 0. The molecule has 0 saturated carbocycles. The minimum atomic E-state index is -0.448. The number of anilines is 1. The second-order valence-electron chi connectivity index (χ2n) is 6.11. The van der Waals surface area contributed by atoms with E-state index in [0.29, 0.717) is 10.9 Å². The lowest BCUT2D eigenvalue weighted by atomic mass is 10.1. The summed E-state index contributed by atoms with van der Waals surface area (Å²) in [6.45, 7) is -0.00594. The lowest BCUT2D eigenvalue weighted by Gasteiger charge is -2.07. The zero-order valence-corrected chi connectivity index (χ0v) is 17.6. The number of carbonyl (C=O) groups excluding carboxylic acids is 1. The maximum absolute atomic E-state index is 12.2. The number of amides is 1. The fourth-order valence-electron chi connectivity index (χ4n) is 2.99. The summed E-state index contributed by atoms with van der Waals surface area (Å²) in [6, 6.07) is 17.4. The van der Waals surface area contributed by atoms with Gasteiger partial charge in [0.2, 0.25) is 5.88 Å². The minimum absolute atomic E-state index is 0.00594. The predicted molar refractivity (Wildman–Crippen MR) is 117 cm³/mol. The Labute approximate surface area is 176 Å². The van der Waals surface area contributed by atoms with Crippen molar-refractivity contribution in [2.45, 2.75) is 0 Å². The number of benzene rings is 3. The van der Waals surface area contributed by atoms with E-state index in [4.69, 9.17) is 0 Å². The standard InChI is InChI=1S/C20H14Br2N4O2/c21-12-8-14-18(15(22)9-12)24-20(28)19(14)26-25-17(27)10-23-16-7-3-5-11-4-1-2-6-13(11)16/h1-9,23-24,28H,10H2. The zero-order chi connectivity index (χ0) is 19.7. The van der Waals surface area contributed by atoms with Gasteiger partial charge in [0.25, 0.3) is 5.91 Å². The van der Waals surface area contributed by atoms with Gasteiger partial charge in [-0.05, 0) is 39.5 Å². The first-order chi connectivity index (χ1) is 13.5. The van der Waals surface area contributed by atoms with Crippen molar-refractivity contribution >= 4 is 70.8 Å². The molecule has 3 N–H and O–H groups in total. The Morgan fingerprint density at radius 3 is 2.71 bits per heavy atom. The molecule has 0 spiro atoms.